The van der Waals surface area contributed by atoms with Crippen LogP contribution in [0.15, 0.2) is 23.8 Å². The number of carbonyl (C=O) groups is 2. The third kappa shape index (κ3) is 11.6. The van der Waals surface area contributed by atoms with Gasteiger partial charge in [0.2, 0.25) is 18.6 Å². The van der Waals surface area contributed by atoms with Gasteiger partial charge in [0, 0.05) is 12.7 Å². The van der Waals surface area contributed by atoms with Gasteiger partial charge in [0.15, 0.2) is 11.2 Å². The molecule has 0 spiro atoms. The standard InChI is InChI=1S/C26H45N7O9P4/c1-5-8-18(9-6-2)14-40-25(36)17(4)32-45(37,41-13-12-28-20(34)7-3)44-46(38,39)43-15-19-10-11-21(42-19)33-16-29-22-23(33)30-26(27)31-24(22)35/h7,16-19,21,43-44H,3,5-6,8-15H2,1-2,4H3,(H,28,34)(H,32,37)(H,38,39)(H3,27,30,31,35)/t17-,19-,21+,45?/m0/s1. The molecule has 3 heterocycles. The number of aromatic nitrogens is 4. The van der Waals surface area contributed by atoms with E-state index in [0.717, 1.165) is 31.8 Å². The molecule has 6 N–H and O–H groups in total. The maximum absolute atomic E-state index is 13.9. The molecule has 0 bridgehead atoms. The second-order valence-corrected chi connectivity index (χ2v) is 24.7. The second-order valence-electron chi connectivity index (χ2n) is 10.9. The third-order valence-corrected chi connectivity index (χ3v) is 23.1. The van der Waals surface area contributed by atoms with Gasteiger partial charge in [-0.15, -0.1) is 0 Å². The number of ether oxygens (including phenoxy) is 2. The van der Waals surface area contributed by atoms with Gasteiger partial charge in [-0.2, -0.15) is 4.98 Å². The Morgan fingerprint density at radius 2 is 2.04 bits per heavy atom. The van der Waals surface area contributed by atoms with Crippen LogP contribution < -0.4 is 21.7 Å². The predicted octanol–water partition coefficient (Wildman–Crippen LogP) is 4.00. The Morgan fingerprint density at radius 3 is 2.72 bits per heavy atom. The summed E-state index contributed by atoms with van der Waals surface area (Å²) in [5.74, 6) is -0.943. The minimum Gasteiger partial charge on any atom is -0.464 e. The molecule has 20 heteroatoms. The predicted molar refractivity (Wildman–Crippen MR) is 181 cm³/mol. The van der Waals surface area contributed by atoms with Gasteiger partial charge < -0.3 is 29.9 Å². The molecule has 2 aromatic heterocycles. The summed E-state index contributed by atoms with van der Waals surface area (Å²) >= 11 is 0. The maximum atomic E-state index is 13.9. The van der Waals surface area contributed by atoms with Crippen LogP contribution in [0.1, 0.15) is 65.5 Å². The molecular formula is C26H45N7O9P4. The molecule has 1 fully saturated rings. The van der Waals surface area contributed by atoms with E-state index in [2.05, 4.69) is 45.8 Å². The zero-order valence-corrected chi connectivity index (χ0v) is 30.1. The summed E-state index contributed by atoms with van der Waals surface area (Å²) < 4.78 is 46.1. The normalized spacial score (nSPS) is 20.4. The molecule has 46 heavy (non-hydrogen) atoms. The fourth-order valence-electron chi connectivity index (χ4n) is 4.91. The first-order chi connectivity index (χ1) is 21.8. The molecule has 7 atom stereocenters. The van der Waals surface area contributed by atoms with Gasteiger partial charge in [-0.1, -0.05) is 33.3 Å². The van der Waals surface area contributed by atoms with E-state index in [1.54, 1.807) is 4.57 Å². The van der Waals surface area contributed by atoms with Crippen molar-refractivity contribution in [3.8, 4) is 0 Å². The highest BCUT2D eigenvalue weighted by Gasteiger charge is 2.38. The number of nitrogens with zero attached hydrogens (tertiary/aromatic N) is 3. The minimum absolute atomic E-state index is 0.0276. The number of carbonyl (C=O) groups excluding carboxylic acids is 2. The summed E-state index contributed by atoms with van der Waals surface area (Å²) in [6.45, 7) is 4.88. The first-order valence-corrected chi connectivity index (χ1v) is 23.2. The molecule has 3 rings (SSSR count). The van der Waals surface area contributed by atoms with E-state index in [-0.39, 0.29) is 55.1 Å². The zero-order valence-electron chi connectivity index (χ0n) is 26.3. The Bertz CT molecular complexity index is 1500. The number of rotatable bonds is 20. The fraction of sp³-hybridized carbons (Fsp3) is 0.654. The largest absolute Gasteiger partial charge is 0.464 e. The Hall–Kier alpha value is -2.01. The lowest BCUT2D eigenvalue weighted by Gasteiger charge is -2.25. The molecule has 1 amide bonds. The highest BCUT2D eigenvalue weighted by atomic mass is 32.7. The molecule has 0 aliphatic carbocycles. The maximum Gasteiger partial charge on any atom is 0.323 e. The molecule has 258 valence electrons. The van der Waals surface area contributed by atoms with Crippen molar-refractivity contribution in [2.24, 2.45) is 5.92 Å². The first kappa shape index (κ1) is 38.4. The van der Waals surface area contributed by atoms with Crippen LogP contribution in [0.2, 0.25) is 0 Å². The monoisotopic (exact) mass is 723 g/mol. The van der Waals surface area contributed by atoms with Crippen LogP contribution in [-0.4, -0.2) is 74.4 Å². The van der Waals surface area contributed by atoms with Crippen LogP contribution in [0.4, 0.5) is 5.95 Å². The Labute approximate surface area is 271 Å². The van der Waals surface area contributed by atoms with Crippen molar-refractivity contribution in [1.29, 1.82) is 0 Å². The van der Waals surface area contributed by atoms with Gasteiger partial charge in [0.25, 0.3) is 12.8 Å². The highest BCUT2D eigenvalue weighted by Crippen LogP contribution is 2.87. The highest BCUT2D eigenvalue weighted by molar-refractivity contribution is 8.69. The molecule has 1 aliphatic rings. The average molecular weight is 724 g/mol. The van der Waals surface area contributed by atoms with E-state index in [0.29, 0.717) is 12.8 Å². The summed E-state index contributed by atoms with van der Waals surface area (Å²) in [6, 6.07) is -1.08. The molecule has 4 unspecified atom stereocenters. The first-order valence-electron chi connectivity index (χ1n) is 15.1. The molecule has 0 aromatic carbocycles. The van der Waals surface area contributed by atoms with Crippen molar-refractivity contribution in [2.75, 3.05) is 31.7 Å². The topological polar surface area (TPSA) is 230 Å². The number of amides is 1. The number of hydrogen-bond acceptors (Lipinski definition) is 11. The van der Waals surface area contributed by atoms with Gasteiger partial charge in [-0.25, -0.2) is 10.1 Å². The van der Waals surface area contributed by atoms with Crippen LogP contribution in [0.5, 0.6) is 0 Å². The summed E-state index contributed by atoms with van der Waals surface area (Å²) in [7, 11) is -5.63. The zero-order chi connectivity index (χ0) is 33.9. The number of nitrogens with two attached hydrogens (primary N) is 1. The van der Waals surface area contributed by atoms with Crippen LogP contribution >= 0.6 is 30.2 Å². The minimum atomic E-state index is -4.05. The lowest BCUT2D eigenvalue weighted by molar-refractivity contribution is -0.146. The Kier molecular flexibility index (Phi) is 15.0. The molecule has 1 aliphatic heterocycles. The number of hydrogen-bond donors (Lipinski definition) is 5. The number of nitrogen functional groups attached to an aromatic ring is 1. The van der Waals surface area contributed by atoms with E-state index < -0.39 is 59.9 Å². The van der Waals surface area contributed by atoms with E-state index in [9.17, 15) is 28.4 Å². The van der Waals surface area contributed by atoms with Crippen molar-refractivity contribution in [3.63, 3.8) is 0 Å². The quantitative estimate of drug-likeness (QED) is 0.0564. The number of esters is 1. The molecular weight excluding hydrogens is 678 g/mol. The summed E-state index contributed by atoms with van der Waals surface area (Å²) in [5, 5.41) is 5.14. The van der Waals surface area contributed by atoms with E-state index in [4.69, 9.17) is 19.7 Å². The number of imidazole rings is 1. The van der Waals surface area contributed by atoms with Gasteiger partial charge >= 0.3 is 5.97 Å². The van der Waals surface area contributed by atoms with Gasteiger partial charge in [-0.05, 0) is 52.9 Å². The summed E-state index contributed by atoms with van der Waals surface area (Å²) in [4.78, 5) is 58.0. The lowest BCUT2D eigenvalue weighted by atomic mass is 9.99. The number of nitrogens with one attached hydrogen (secondary N) is 3. The summed E-state index contributed by atoms with van der Waals surface area (Å²) in [5.41, 5.74) is 5.61. The van der Waals surface area contributed by atoms with Gasteiger partial charge in [0.05, 0.1) is 33.6 Å². The van der Waals surface area contributed by atoms with Crippen LogP contribution in [0, 0.1) is 5.92 Å². The van der Waals surface area contributed by atoms with Gasteiger partial charge in [-0.3, -0.25) is 33.1 Å². The Balaban J connectivity index is 1.62. The van der Waals surface area contributed by atoms with Gasteiger partial charge in [0.1, 0.15) is 12.3 Å². The number of anilines is 1. The van der Waals surface area contributed by atoms with Crippen molar-refractivity contribution in [2.45, 2.75) is 77.7 Å². The van der Waals surface area contributed by atoms with E-state index in [1.165, 1.54) is 13.3 Å². The molecule has 0 radical (unpaired) electrons. The van der Waals surface area contributed by atoms with E-state index >= 15 is 0 Å². The second kappa shape index (κ2) is 17.9. The van der Waals surface area contributed by atoms with Crippen molar-refractivity contribution < 1.29 is 37.6 Å². The SMILES string of the molecule is C=CC(=O)NCCOP(=O)(N[C@@H](C)C(=O)OCC(CCC)CCC)PP(=O)(O)PC[C@@H]1CC[C@H](n2cnc3c(=O)[nH]c(N)nc32)O1. The van der Waals surface area contributed by atoms with Crippen molar-refractivity contribution in [3.05, 3.63) is 29.3 Å². The number of aromatic amines is 1. The molecule has 0 saturated carbocycles. The molecule has 1 saturated heterocycles. The fourth-order valence-corrected chi connectivity index (χ4v) is 22.3. The smallest absolute Gasteiger partial charge is 0.323 e. The lowest BCUT2D eigenvalue weighted by Crippen LogP contribution is -2.34. The van der Waals surface area contributed by atoms with E-state index in [1.807, 2.05) is 0 Å². The third-order valence-electron chi connectivity index (χ3n) is 7.08. The molecule has 2 aromatic rings. The van der Waals surface area contributed by atoms with Crippen LogP contribution in [0.25, 0.3) is 11.2 Å². The molecule has 16 nitrogen and oxygen atoms in total. The van der Waals surface area contributed by atoms with Crippen LogP contribution in [0.3, 0.4) is 0 Å². The average Bonchev–Trinajstić information content (AvgIpc) is 3.64. The number of H-pyrrole nitrogens is 1. The number of fused-ring (bicyclic) bond motifs is 1. The summed E-state index contributed by atoms with van der Waals surface area (Å²) in [6.07, 6.45) is 6.67. The Morgan fingerprint density at radius 1 is 1.33 bits per heavy atom. The van der Waals surface area contributed by atoms with Crippen LogP contribution in [-0.2, 0) is 32.7 Å². The van der Waals surface area contributed by atoms with Crippen molar-refractivity contribution >= 4 is 59.2 Å². The van der Waals surface area contributed by atoms with Crippen molar-refractivity contribution in [1.82, 2.24) is 29.9 Å².